The van der Waals surface area contributed by atoms with Crippen molar-refractivity contribution in [1.82, 2.24) is 24.8 Å². The van der Waals surface area contributed by atoms with Crippen molar-refractivity contribution in [3.63, 3.8) is 0 Å². The molecule has 6 rings (SSSR count). The lowest BCUT2D eigenvalue weighted by molar-refractivity contribution is 0.170. The van der Waals surface area contributed by atoms with Crippen LogP contribution in [0.3, 0.4) is 0 Å². The first kappa shape index (κ1) is 28.0. The number of ether oxygens (including phenoxy) is 1. The Hall–Kier alpha value is -4.11. The van der Waals surface area contributed by atoms with E-state index in [4.69, 9.17) is 10.5 Å². The van der Waals surface area contributed by atoms with Gasteiger partial charge in [0.05, 0.1) is 17.8 Å². The van der Waals surface area contributed by atoms with Gasteiger partial charge in [0.25, 0.3) is 0 Å². The van der Waals surface area contributed by atoms with Crippen molar-refractivity contribution in [2.75, 3.05) is 24.6 Å². The summed E-state index contributed by atoms with van der Waals surface area (Å²) in [5.41, 5.74) is 11.2. The summed E-state index contributed by atoms with van der Waals surface area (Å²) < 4.78 is 8.68. The summed E-state index contributed by atoms with van der Waals surface area (Å²) >= 11 is 0. The fourth-order valence-electron chi connectivity index (χ4n) is 6.36. The number of carbonyl (C=O) groups excluding carboxylic acids is 1. The average molecular weight is 568 g/mol. The number of likely N-dealkylation sites (tertiary alicyclic amines) is 1. The standard InChI is InChI=1S/C33H41N7O2/c1-32(2,3)21-17-22(34)19-23(18-21)35-31(41)36-27-12-13-28(26-10-7-6-9-25(26)27)42-24-11-14-29-37-38-30(40(29)20-24)33(4)15-8-16-39(33)5/h6-7,9-11,14,17-20,27-28H,8,12-13,15-16,34H2,1-5H3,(H2,35,36,41)/t27-,28+,33-/m0/s1. The highest BCUT2D eigenvalue weighted by Crippen LogP contribution is 2.40. The first-order valence-corrected chi connectivity index (χ1v) is 14.8. The number of benzene rings is 2. The molecule has 42 heavy (non-hydrogen) atoms. The van der Waals surface area contributed by atoms with Crippen molar-refractivity contribution in [3.8, 4) is 5.75 Å². The number of hydrogen-bond acceptors (Lipinski definition) is 6. The van der Waals surface area contributed by atoms with Crippen molar-refractivity contribution < 1.29 is 9.53 Å². The number of nitrogens with two attached hydrogens (primary N) is 1. The lowest BCUT2D eigenvalue weighted by atomic mass is 9.85. The molecule has 4 N–H and O–H groups in total. The van der Waals surface area contributed by atoms with Crippen molar-refractivity contribution in [1.29, 1.82) is 0 Å². The van der Waals surface area contributed by atoms with Crippen LogP contribution in [0.15, 0.2) is 60.8 Å². The number of anilines is 2. The molecule has 0 radical (unpaired) electrons. The van der Waals surface area contributed by atoms with Gasteiger partial charge in [0.1, 0.15) is 11.9 Å². The Labute approximate surface area is 247 Å². The Morgan fingerprint density at radius 1 is 1.07 bits per heavy atom. The van der Waals surface area contributed by atoms with Gasteiger partial charge in [-0.2, -0.15) is 0 Å². The maximum atomic E-state index is 13.1. The van der Waals surface area contributed by atoms with Crippen molar-refractivity contribution in [2.45, 2.75) is 76.5 Å². The van der Waals surface area contributed by atoms with E-state index >= 15 is 0 Å². The van der Waals surface area contributed by atoms with E-state index < -0.39 is 0 Å². The van der Waals surface area contributed by atoms with Crippen LogP contribution in [0, 0.1) is 0 Å². The number of urea groups is 1. The zero-order chi connectivity index (χ0) is 29.6. The lowest BCUT2D eigenvalue weighted by Gasteiger charge is -2.32. The third kappa shape index (κ3) is 5.29. The molecule has 4 aromatic rings. The Morgan fingerprint density at radius 2 is 1.86 bits per heavy atom. The Bertz CT molecular complexity index is 1620. The van der Waals surface area contributed by atoms with Gasteiger partial charge < -0.3 is 21.1 Å². The van der Waals surface area contributed by atoms with Crippen LogP contribution < -0.4 is 21.1 Å². The van der Waals surface area contributed by atoms with E-state index in [-0.39, 0.29) is 29.1 Å². The molecular formula is C33H41N7O2. The van der Waals surface area contributed by atoms with E-state index in [0.717, 1.165) is 66.1 Å². The molecule has 0 spiro atoms. The van der Waals surface area contributed by atoms with Crippen LogP contribution in [0.4, 0.5) is 16.2 Å². The van der Waals surface area contributed by atoms with Gasteiger partial charge in [0.15, 0.2) is 11.5 Å². The van der Waals surface area contributed by atoms with Crippen LogP contribution in [-0.4, -0.2) is 39.1 Å². The highest BCUT2D eigenvalue weighted by atomic mass is 16.5. The number of nitrogens with zero attached hydrogens (tertiary/aromatic N) is 4. The van der Waals surface area contributed by atoms with Gasteiger partial charge in [0, 0.05) is 11.4 Å². The minimum atomic E-state index is -0.254. The van der Waals surface area contributed by atoms with Gasteiger partial charge in [-0.15, -0.1) is 10.2 Å². The van der Waals surface area contributed by atoms with Gasteiger partial charge in [0.2, 0.25) is 0 Å². The molecule has 2 aromatic carbocycles. The number of amides is 2. The predicted octanol–water partition coefficient (Wildman–Crippen LogP) is 6.33. The van der Waals surface area contributed by atoms with Crippen molar-refractivity contribution >= 4 is 23.1 Å². The van der Waals surface area contributed by atoms with Gasteiger partial charge in [-0.3, -0.25) is 9.30 Å². The maximum absolute atomic E-state index is 13.1. The molecule has 0 saturated carbocycles. The third-order valence-electron chi connectivity index (χ3n) is 8.96. The molecule has 3 heterocycles. The molecule has 2 aliphatic rings. The predicted molar refractivity (Wildman–Crippen MR) is 166 cm³/mol. The van der Waals surface area contributed by atoms with E-state index in [1.54, 1.807) is 6.07 Å². The SMILES string of the molecule is CN1CCC[C@@]1(C)c1nnc2ccc(O[C@@H]3CC[C@H](NC(=O)Nc4cc(N)cc(C(C)(C)C)c4)c4ccccc43)cn12. The van der Waals surface area contributed by atoms with Crippen LogP contribution >= 0.6 is 0 Å². The summed E-state index contributed by atoms with van der Waals surface area (Å²) in [6.07, 6.45) is 5.58. The Morgan fingerprint density at radius 3 is 2.60 bits per heavy atom. The molecule has 220 valence electrons. The number of rotatable bonds is 5. The van der Waals surface area contributed by atoms with E-state index in [2.05, 4.69) is 77.0 Å². The summed E-state index contributed by atoms with van der Waals surface area (Å²) in [5.74, 6) is 1.71. The molecule has 9 heteroatoms. The summed E-state index contributed by atoms with van der Waals surface area (Å²) in [6, 6.07) is 17.5. The number of aromatic nitrogens is 3. The van der Waals surface area contributed by atoms with Gasteiger partial charge >= 0.3 is 6.03 Å². The smallest absolute Gasteiger partial charge is 0.319 e. The van der Waals surface area contributed by atoms with E-state index in [1.807, 2.05) is 42.6 Å². The van der Waals surface area contributed by atoms with Crippen LogP contribution in [0.5, 0.6) is 5.75 Å². The lowest BCUT2D eigenvalue weighted by Crippen LogP contribution is -2.37. The third-order valence-corrected chi connectivity index (χ3v) is 8.96. The molecule has 1 aliphatic carbocycles. The monoisotopic (exact) mass is 567 g/mol. The largest absolute Gasteiger partial charge is 0.484 e. The molecule has 2 amide bonds. The number of nitrogens with one attached hydrogen (secondary N) is 2. The summed E-state index contributed by atoms with van der Waals surface area (Å²) in [6.45, 7) is 9.66. The van der Waals surface area contributed by atoms with Crippen molar-refractivity contribution in [2.24, 2.45) is 0 Å². The second-order valence-corrected chi connectivity index (χ2v) is 13.0. The first-order chi connectivity index (χ1) is 20.0. The molecule has 9 nitrogen and oxygen atoms in total. The summed E-state index contributed by atoms with van der Waals surface area (Å²) in [4.78, 5) is 15.5. The number of fused-ring (bicyclic) bond motifs is 2. The molecule has 0 bridgehead atoms. The van der Waals surface area contributed by atoms with Crippen LogP contribution in [0.2, 0.25) is 0 Å². The van der Waals surface area contributed by atoms with E-state index in [0.29, 0.717) is 11.4 Å². The maximum Gasteiger partial charge on any atom is 0.319 e. The minimum Gasteiger partial charge on any atom is -0.484 e. The normalized spacial score (nSPS) is 22.6. The fourth-order valence-corrected chi connectivity index (χ4v) is 6.36. The second kappa shape index (κ2) is 10.6. The second-order valence-electron chi connectivity index (χ2n) is 13.0. The van der Waals surface area contributed by atoms with Gasteiger partial charge in [-0.05, 0) is 98.6 Å². The molecule has 1 fully saturated rings. The summed E-state index contributed by atoms with van der Waals surface area (Å²) in [5, 5.41) is 15.2. The Balaban J connectivity index is 1.19. The molecular weight excluding hydrogens is 526 g/mol. The molecule has 3 atom stereocenters. The van der Waals surface area contributed by atoms with Crippen LogP contribution in [0.1, 0.15) is 88.0 Å². The average Bonchev–Trinajstić information content (AvgIpc) is 3.52. The zero-order valence-corrected chi connectivity index (χ0v) is 25.1. The molecule has 1 saturated heterocycles. The van der Waals surface area contributed by atoms with Crippen molar-refractivity contribution in [3.05, 3.63) is 83.3 Å². The zero-order valence-electron chi connectivity index (χ0n) is 25.1. The Kier molecular flexibility index (Phi) is 7.09. The molecule has 1 aliphatic heterocycles. The van der Waals surface area contributed by atoms with Crippen LogP contribution in [0.25, 0.3) is 5.65 Å². The number of pyridine rings is 1. The van der Waals surface area contributed by atoms with E-state index in [9.17, 15) is 4.79 Å². The number of hydrogen-bond donors (Lipinski definition) is 3. The highest BCUT2D eigenvalue weighted by molar-refractivity contribution is 5.90. The first-order valence-electron chi connectivity index (χ1n) is 14.8. The number of nitrogen functional groups attached to an aromatic ring is 1. The van der Waals surface area contributed by atoms with Gasteiger partial charge in [-0.25, -0.2) is 4.79 Å². The topological polar surface area (TPSA) is 110 Å². The minimum absolute atomic E-state index is 0.0785. The number of carbonyl (C=O) groups is 1. The fraction of sp³-hybridized carbons (Fsp3) is 0.424. The summed E-state index contributed by atoms with van der Waals surface area (Å²) in [7, 11) is 2.15. The van der Waals surface area contributed by atoms with Gasteiger partial charge in [-0.1, -0.05) is 45.0 Å². The van der Waals surface area contributed by atoms with E-state index in [1.165, 1.54) is 0 Å². The highest BCUT2D eigenvalue weighted by Gasteiger charge is 2.39. The van der Waals surface area contributed by atoms with Crippen LogP contribution in [-0.2, 0) is 11.0 Å². The molecule has 2 aromatic heterocycles. The quantitative estimate of drug-likeness (QED) is 0.243. The molecule has 0 unspecified atom stereocenters.